The lowest BCUT2D eigenvalue weighted by atomic mass is 10.1. The zero-order valence-electron chi connectivity index (χ0n) is 13.5. The number of aromatic nitrogens is 1. The van der Waals surface area contributed by atoms with Crippen molar-refractivity contribution in [2.75, 3.05) is 13.1 Å². The number of amides is 1. The van der Waals surface area contributed by atoms with Crippen molar-refractivity contribution in [1.82, 2.24) is 9.88 Å². The molecule has 0 N–H and O–H groups in total. The van der Waals surface area contributed by atoms with Crippen molar-refractivity contribution >= 4 is 43.4 Å². The number of carbonyl (C=O) groups excluding carboxylic acids is 1. The topological polar surface area (TPSA) is 42.4 Å². The van der Waals surface area contributed by atoms with Gasteiger partial charge in [0.2, 0.25) is 0 Å². The number of ether oxygens (including phenoxy) is 1. The minimum Gasteiger partial charge on any atom is -0.467 e. The molecule has 0 atom stereocenters. The summed E-state index contributed by atoms with van der Waals surface area (Å²) in [4.78, 5) is 19.0. The van der Waals surface area contributed by atoms with Crippen molar-refractivity contribution in [2.24, 2.45) is 0 Å². The molecule has 0 spiro atoms. The molecule has 0 bridgehead atoms. The molecule has 0 saturated carbocycles. The van der Waals surface area contributed by atoms with E-state index in [2.05, 4.69) is 27.0 Å². The number of benzene rings is 2. The molecular weight excluding hydrogens is 400 g/mol. The van der Waals surface area contributed by atoms with Gasteiger partial charge in [0.15, 0.2) is 0 Å². The van der Waals surface area contributed by atoms with Gasteiger partial charge < -0.3 is 9.64 Å². The van der Waals surface area contributed by atoms with Crippen LogP contribution in [0, 0.1) is 0 Å². The molecule has 1 fully saturated rings. The van der Waals surface area contributed by atoms with Crippen LogP contribution in [-0.2, 0) is 0 Å². The number of para-hydroxylation sites is 1. The number of rotatable bonds is 3. The van der Waals surface area contributed by atoms with Gasteiger partial charge in [-0.2, -0.15) is 0 Å². The highest BCUT2D eigenvalue weighted by molar-refractivity contribution is 9.10. The summed E-state index contributed by atoms with van der Waals surface area (Å²) in [5, 5.41) is 0.721. The van der Waals surface area contributed by atoms with Crippen molar-refractivity contribution in [1.29, 1.82) is 0 Å². The van der Waals surface area contributed by atoms with Crippen LogP contribution in [-0.4, -0.2) is 35.0 Å². The van der Waals surface area contributed by atoms with E-state index < -0.39 is 0 Å². The molecule has 3 aromatic rings. The third kappa shape index (κ3) is 3.70. The number of halogens is 1. The molecule has 2 heterocycles. The summed E-state index contributed by atoms with van der Waals surface area (Å²) in [5.74, 6) is 0.0888. The van der Waals surface area contributed by atoms with Gasteiger partial charge in [-0.3, -0.25) is 4.79 Å². The molecule has 2 aromatic carbocycles. The Balaban J connectivity index is 1.36. The Labute approximate surface area is 158 Å². The molecule has 1 aliphatic heterocycles. The highest BCUT2D eigenvalue weighted by Crippen LogP contribution is 2.29. The largest absolute Gasteiger partial charge is 0.467 e. The van der Waals surface area contributed by atoms with E-state index in [9.17, 15) is 4.79 Å². The van der Waals surface area contributed by atoms with E-state index in [0.29, 0.717) is 13.1 Å². The predicted molar refractivity (Wildman–Crippen MR) is 103 cm³/mol. The van der Waals surface area contributed by atoms with Gasteiger partial charge in [-0.05, 0) is 36.4 Å². The monoisotopic (exact) mass is 416 g/mol. The lowest BCUT2D eigenvalue weighted by molar-refractivity contribution is 0.0595. The summed E-state index contributed by atoms with van der Waals surface area (Å²) < 4.78 is 8.17. The quantitative estimate of drug-likeness (QED) is 0.618. The maximum absolute atomic E-state index is 12.6. The zero-order valence-corrected chi connectivity index (χ0v) is 15.9. The Bertz CT molecular complexity index is 853. The average molecular weight is 417 g/mol. The standard InChI is InChI=1S/C19H17BrN2O2S/c20-14-7-5-13(6-8-14)18(23)22-11-9-15(10-12-22)24-19-21-16-3-1-2-4-17(16)25-19/h1-8,15H,9-12H2. The Hall–Kier alpha value is -1.92. The second-order valence-corrected chi connectivity index (χ2v) is 7.97. The van der Waals surface area contributed by atoms with Crippen molar-refractivity contribution < 1.29 is 9.53 Å². The van der Waals surface area contributed by atoms with Gasteiger partial charge in [0.1, 0.15) is 6.10 Å². The first-order valence-electron chi connectivity index (χ1n) is 8.26. The number of likely N-dealkylation sites (tertiary alicyclic amines) is 1. The molecule has 6 heteroatoms. The summed E-state index contributed by atoms with van der Waals surface area (Å²) >= 11 is 4.97. The molecule has 1 aromatic heterocycles. The second-order valence-electron chi connectivity index (χ2n) is 6.06. The Morgan fingerprint density at radius 1 is 1.12 bits per heavy atom. The highest BCUT2D eigenvalue weighted by Gasteiger charge is 2.25. The Morgan fingerprint density at radius 2 is 1.84 bits per heavy atom. The Kier molecular flexibility index (Phi) is 4.72. The molecule has 4 rings (SSSR count). The average Bonchev–Trinajstić information content (AvgIpc) is 3.05. The van der Waals surface area contributed by atoms with Crippen LogP contribution in [0.1, 0.15) is 23.2 Å². The van der Waals surface area contributed by atoms with Crippen LogP contribution in [0.4, 0.5) is 0 Å². The van der Waals surface area contributed by atoms with E-state index in [-0.39, 0.29) is 12.0 Å². The first-order valence-corrected chi connectivity index (χ1v) is 9.87. The second kappa shape index (κ2) is 7.14. The van der Waals surface area contributed by atoms with E-state index >= 15 is 0 Å². The van der Waals surface area contributed by atoms with E-state index in [1.54, 1.807) is 11.3 Å². The van der Waals surface area contributed by atoms with Gasteiger partial charge in [-0.15, -0.1) is 0 Å². The minimum absolute atomic E-state index is 0.0888. The van der Waals surface area contributed by atoms with Crippen molar-refractivity contribution in [3.8, 4) is 5.19 Å². The fraction of sp³-hybridized carbons (Fsp3) is 0.263. The van der Waals surface area contributed by atoms with Crippen molar-refractivity contribution in [2.45, 2.75) is 18.9 Å². The number of nitrogens with zero attached hydrogens (tertiary/aromatic N) is 2. The van der Waals surface area contributed by atoms with Gasteiger partial charge in [-0.1, -0.05) is 39.4 Å². The van der Waals surface area contributed by atoms with Gasteiger partial charge in [0, 0.05) is 36.0 Å². The summed E-state index contributed by atoms with van der Waals surface area (Å²) in [7, 11) is 0. The number of fused-ring (bicyclic) bond motifs is 1. The van der Waals surface area contributed by atoms with Crippen LogP contribution in [0.25, 0.3) is 10.2 Å². The van der Waals surface area contributed by atoms with Gasteiger partial charge in [0.05, 0.1) is 10.2 Å². The van der Waals surface area contributed by atoms with Gasteiger partial charge >= 0.3 is 0 Å². The molecule has 0 aliphatic carbocycles. The first-order chi connectivity index (χ1) is 12.2. The van der Waals surface area contributed by atoms with Crippen LogP contribution in [0.15, 0.2) is 53.0 Å². The Morgan fingerprint density at radius 3 is 2.56 bits per heavy atom. The number of carbonyl (C=O) groups is 1. The van der Waals surface area contributed by atoms with Crippen molar-refractivity contribution in [3.05, 3.63) is 58.6 Å². The van der Waals surface area contributed by atoms with Crippen LogP contribution in [0.5, 0.6) is 5.19 Å². The van der Waals surface area contributed by atoms with Gasteiger partial charge in [0.25, 0.3) is 11.1 Å². The first kappa shape index (κ1) is 16.5. The predicted octanol–water partition coefficient (Wildman–Crippen LogP) is 4.74. The number of hydrogen-bond donors (Lipinski definition) is 0. The SMILES string of the molecule is O=C(c1ccc(Br)cc1)N1CCC(Oc2nc3ccccc3s2)CC1. The van der Waals surface area contributed by atoms with Gasteiger partial charge in [-0.25, -0.2) is 4.98 Å². The lowest BCUT2D eigenvalue weighted by Gasteiger charge is -2.31. The van der Waals surface area contributed by atoms with E-state index in [1.165, 1.54) is 0 Å². The van der Waals surface area contributed by atoms with Crippen LogP contribution in [0.3, 0.4) is 0 Å². The van der Waals surface area contributed by atoms with Crippen molar-refractivity contribution in [3.63, 3.8) is 0 Å². The molecule has 1 amide bonds. The number of piperidine rings is 1. The summed E-state index contributed by atoms with van der Waals surface area (Å²) in [6.07, 6.45) is 1.78. The zero-order chi connectivity index (χ0) is 17.2. The highest BCUT2D eigenvalue weighted by atomic mass is 79.9. The molecular formula is C19H17BrN2O2S. The van der Waals surface area contributed by atoms with E-state index in [0.717, 1.165) is 38.3 Å². The molecule has 1 saturated heterocycles. The fourth-order valence-corrected chi connectivity index (χ4v) is 4.14. The van der Waals surface area contributed by atoms with Crippen LogP contribution >= 0.6 is 27.3 Å². The molecule has 4 nitrogen and oxygen atoms in total. The normalized spacial score (nSPS) is 15.5. The fourth-order valence-electron chi connectivity index (χ4n) is 3.00. The summed E-state index contributed by atoms with van der Waals surface area (Å²) in [5.41, 5.74) is 1.71. The molecule has 1 aliphatic rings. The van der Waals surface area contributed by atoms with Crippen LogP contribution < -0.4 is 4.74 Å². The maximum atomic E-state index is 12.6. The lowest BCUT2D eigenvalue weighted by Crippen LogP contribution is -2.41. The third-order valence-electron chi connectivity index (χ3n) is 4.36. The number of hydrogen-bond acceptors (Lipinski definition) is 4. The maximum Gasteiger partial charge on any atom is 0.274 e. The summed E-state index contributed by atoms with van der Waals surface area (Å²) in [6.45, 7) is 1.43. The smallest absolute Gasteiger partial charge is 0.274 e. The molecule has 25 heavy (non-hydrogen) atoms. The van der Waals surface area contributed by atoms with E-state index in [4.69, 9.17) is 4.74 Å². The van der Waals surface area contributed by atoms with E-state index in [1.807, 2.05) is 47.4 Å². The molecule has 128 valence electrons. The molecule has 0 radical (unpaired) electrons. The number of thiazole rings is 1. The molecule has 0 unspecified atom stereocenters. The minimum atomic E-state index is 0.0888. The summed E-state index contributed by atoms with van der Waals surface area (Å²) in [6, 6.07) is 15.6. The van der Waals surface area contributed by atoms with Crippen LogP contribution in [0.2, 0.25) is 0 Å². The third-order valence-corrected chi connectivity index (χ3v) is 5.82.